The predicted octanol–water partition coefficient (Wildman–Crippen LogP) is 3.83. The van der Waals surface area contributed by atoms with Gasteiger partial charge in [0, 0.05) is 26.7 Å². The number of rotatable bonds is 11. The van der Waals surface area contributed by atoms with E-state index in [1.807, 2.05) is 0 Å². The van der Waals surface area contributed by atoms with Crippen LogP contribution in [0.15, 0.2) is 48.5 Å². The lowest BCUT2D eigenvalue weighted by atomic mass is 9.95. The molecule has 0 aliphatic heterocycles. The second-order valence-corrected chi connectivity index (χ2v) is 11.8. The van der Waals surface area contributed by atoms with Gasteiger partial charge in [-0.1, -0.05) is 38.3 Å². The van der Waals surface area contributed by atoms with Crippen LogP contribution in [-0.2, 0) is 26.3 Å². The molecule has 1 aliphatic rings. The summed E-state index contributed by atoms with van der Waals surface area (Å²) in [5, 5.41) is 3.07. The summed E-state index contributed by atoms with van der Waals surface area (Å²) < 4.78 is 55.3. The molecular weight excluding hydrogens is 514 g/mol. The zero-order valence-corrected chi connectivity index (χ0v) is 22.9. The van der Waals surface area contributed by atoms with E-state index in [-0.39, 0.29) is 24.2 Å². The van der Waals surface area contributed by atoms with Gasteiger partial charge in [-0.25, -0.2) is 13.1 Å². The number of nitrogens with one attached hydrogen (secondary N) is 1. The first-order valence-corrected chi connectivity index (χ1v) is 14.2. The fraction of sp³-hybridized carbons (Fsp3) is 0.481. The molecule has 0 bridgehead atoms. The highest BCUT2D eigenvalue weighted by Gasteiger charge is 2.34. The number of carbonyl (C=O) groups excluding carboxylic acids is 2. The highest BCUT2D eigenvalue weighted by atomic mass is 32.2. The molecule has 1 saturated carbocycles. The Morgan fingerprint density at radius 2 is 1.50 bits per heavy atom. The lowest BCUT2D eigenvalue weighted by Gasteiger charge is -2.35. The summed E-state index contributed by atoms with van der Waals surface area (Å²) in [5.41, 5.74) is 0.697. The second-order valence-electron chi connectivity index (χ2n) is 9.69. The van der Waals surface area contributed by atoms with Crippen LogP contribution in [0.2, 0.25) is 0 Å². The van der Waals surface area contributed by atoms with Gasteiger partial charge < -0.3 is 10.2 Å². The first kappa shape index (κ1) is 29.5. The third-order valence-corrected chi connectivity index (χ3v) is 8.56. The number of hydrogen-bond donors (Lipinski definition) is 1. The van der Waals surface area contributed by atoms with Crippen LogP contribution in [0.1, 0.15) is 51.0 Å². The average molecular weight is 551 g/mol. The van der Waals surface area contributed by atoms with Crippen LogP contribution in [0.25, 0.3) is 0 Å². The fourth-order valence-electron chi connectivity index (χ4n) is 4.57. The molecule has 0 aromatic heterocycles. The molecule has 0 radical (unpaired) electrons. The Morgan fingerprint density at radius 1 is 0.947 bits per heavy atom. The van der Waals surface area contributed by atoms with Gasteiger partial charge in [0.15, 0.2) is 0 Å². The van der Waals surface area contributed by atoms with Crippen molar-refractivity contribution in [3.8, 4) is 0 Å². The van der Waals surface area contributed by atoms with E-state index in [2.05, 4.69) is 5.32 Å². The normalized spacial score (nSPS) is 15.2. The highest BCUT2D eigenvalue weighted by Crippen LogP contribution is 2.23. The molecule has 1 fully saturated rings. The molecule has 0 heterocycles. The van der Waals surface area contributed by atoms with Crippen molar-refractivity contribution in [2.24, 2.45) is 0 Å². The summed E-state index contributed by atoms with van der Waals surface area (Å²) in [6.45, 7) is 1.15. The number of anilines is 1. The van der Waals surface area contributed by atoms with Crippen LogP contribution < -0.4 is 9.62 Å². The number of hydrogen-bond acceptors (Lipinski definition) is 4. The van der Waals surface area contributed by atoms with E-state index in [9.17, 15) is 26.8 Å². The lowest BCUT2D eigenvalue weighted by molar-refractivity contribution is -0.140. The Morgan fingerprint density at radius 3 is 2.03 bits per heavy atom. The molecule has 0 unspecified atom stereocenters. The molecule has 208 valence electrons. The SMILES string of the molecule is CC[C@@H](C(=O)NC1CCCCC1)N(Cc1ccc(F)cc1)C(=O)CN(c1ccc(F)cc1)S(=O)(=O)N(C)C. The van der Waals surface area contributed by atoms with Crippen LogP contribution in [-0.4, -0.2) is 62.2 Å². The maximum Gasteiger partial charge on any atom is 0.304 e. The van der Waals surface area contributed by atoms with Gasteiger partial charge in [-0.2, -0.15) is 12.7 Å². The Hall–Kier alpha value is -3.05. The van der Waals surface area contributed by atoms with Gasteiger partial charge in [-0.3, -0.25) is 9.59 Å². The summed E-state index contributed by atoms with van der Waals surface area (Å²) in [5.74, 6) is -1.91. The van der Waals surface area contributed by atoms with Crippen LogP contribution >= 0.6 is 0 Å². The Labute approximate surface area is 223 Å². The highest BCUT2D eigenvalue weighted by molar-refractivity contribution is 7.90. The van der Waals surface area contributed by atoms with E-state index in [1.165, 1.54) is 55.4 Å². The Balaban J connectivity index is 1.94. The second kappa shape index (κ2) is 13.1. The molecule has 11 heteroatoms. The topological polar surface area (TPSA) is 90.0 Å². The minimum Gasteiger partial charge on any atom is -0.352 e. The maximum atomic E-state index is 13.8. The summed E-state index contributed by atoms with van der Waals surface area (Å²) >= 11 is 0. The summed E-state index contributed by atoms with van der Waals surface area (Å²) in [4.78, 5) is 28.5. The standard InChI is InChI=1S/C27H36F2N4O4S/c1-4-25(27(35)30-23-8-6-5-7-9-23)32(18-20-10-12-21(28)13-11-20)26(34)19-33(38(36,37)31(2)3)24-16-14-22(29)15-17-24/h10-17,23,25H,4-9,18-19H2,1-3H3,(H,30,35)/t25-/m0/s1. The molecule has 2 amide bonds. The van der Waals surface area contributed by atoms with E-state index in [0.717, 1.165) is 52.8 Å². The van der Waals surface area contributed by atoms with Gasteiger partial charge >= 0.3 is 10.2 Å². The van der Waals surface area contributed by atoms with E-state index in [1.54, 1.807) is 6.92 Å². The summed E-state index contributed by atoms with van der Waals surface area (Å²) in [6, 6.07) is 9.52. The number of amides is 2. The maximum absolute atomic E-state index is 13.8. The lowest BCUT2D eigenvalue weighted by Crippen LogP contribution is -2.54. The van der Waals surface area contributed by atoms with Crippen LogP contribution in [0, 0.1) is 11.6 Å². The van der Waals surface area contributed by atoms with E-state index in [4.69, 9.17) is 0 Å². The molecule has 0 saturated heterocycles. The van der Waals surface area contributed by atoms with Crippen molar-refractivity contribution in [1.29, 1.82) is 0 Å². The number of benzene rings is 2. The summed E-state index contributed by atoms with van der Waals surface area (Å²) in [7, 11) is -1.48. The van der Waals surface area contributed by atoms with Crippen molar-refractivity contribution in [2.75, 3.05) is 24.9 Å². The third-order valence-electron chi connectivity index (χ3n) is 6.74. The molecule has 2 aromatic carbocycles. The number of halogens is 2. The number of carbonyl (C=O) groups is 2. The smallest absolute Gasteiger partial charge is 0.304 e. The van der Waals surface area contributed by atoms with Crippen molar-refractivity contribution in [3.05, 3.63) is 65.7 Å². The van der Waals surface area contributed by atoms with Gasteiger partial charge in [-0.05, 0) is 61.2 Å². The van der Waals surface area contributed by atoms with Crippen molar-refractivity contribution in [1.82, 2.24) is 14.5 Å². The molecule has 8 nitrogen and oxygen atoms in total. The third kappa shape index (κ3) is 7.50. The fourth-order valence-corrected chi connectivity index (χ4v) is 5.63. The average Bonchev–Trinajstić information content (AvgIpc) is 2.89. The predicted molar refractivity (Wildman–Crippen MR) is 142 cm³/mol. The molecule has 3 rings (SSSR count). The van der Waals surface area contributed by atoms with Gasteiger partial charge in [0.05, 0.1) is 5.69 Å². The minimum atomic E-state index is -4.14. The van der Waals surface area contributed by atoms with Crippen LogP contribution in [0.3, 0.4) is 0 Å². The van der Waals surface area contributed by atoms with Gasteiger partial charge in [-0.15, -0.1) is 0 Å². The zero-order valence-electron chi connectivity index (χ0n) is 22.1. The van der Waals surface area contributed by atoms with E-state index < -0.39 is 40.3 Å². The molecule has 2 aromatic rings. The van der Waals surface area contributed by atoms with E-state index >= 15 is 0 Å². The molecule has 1 atom stereocenters. The largest absolute Gasteiger partial charge is 0.352 e. The van der Waals surface area contributed by atoms with Gasteiger partial charge in [0.25, 0.3) is 0 Å². The van der Waals surface area contributed by atoms with Gasteiger partial charge in [0.1, 0.15) is 24.2 Å². The van der Waals surface area contributed by atoms with Gasteiger partial charge in [0.2, 0.25) is 11.8 Å². The molecule has 38 heavy (non-hydrogen) atoms. The van der Waals surface area contributed by atoms with Crippen LogP contribution in [0.4, 0.5) is 14.5 Å². The molecule has 1 N–H and O–H groups in total. The first-order chi connectivity index (χ1) is 18.0. The summed E-state index contributed by atoms with van der Waals surface area (Å²) in [6.07, 6.45) is 5.20. The monoisotopic (exact) mass is 550 g/mol. The zero-order chi connectivity index (χ0) is 27.9. The van der Waals surface area contributed by atoms with Crippen molar-refractivity contribution < 1.29 is 26.8 Å². The van der Waals surface area contributed by atoms with E-state index in [0.29, 0.717) is 12.0 Å². The molecule has 1 aliphatic carbocycles. The first-order valence-electron chi connectivity index (χ1n) is 12.8. The number of nitrogens with zero attached hydrogens (tertiary/aromatic N) is 3. The molecule has 0 spiro atoms. The Kier molecular flexibility index (Phi) is 10.2. The van der Waals surface area contributed by atoms with Crippen LogP contribution in [0.5, 0.6) is 0 Å². The molecular formula is C27H36F2N4O4S. The van der Waals surface area contributed by atoms with Crippen molar-refractivity contribution >= 4 is 27.7 Å². The quantitative estimate of drug-likeness (QED) is 0.461. The minimum absolute atomic E-state index is 0.0189. The Bertz CT molecular complexity index is 1180. The van der Waals surface area contributed by atoms with Crippen molar-refractivity contribution in [3.63, 3.8) is 0 Å². The van der Waals surface area contributed by atoms with Crippen molar-refractivity contribution in [2.45, 2.75) is 64.1 Å².